The zero-order chi connectivity index (χ0) is 14.1. The van der Waals surface area contributed by atoms with E-state index in [1.807, 2.05) is 0 Å². The molecule has 0 saturated heterocycles. The van der Waals surface area contributed by atoms with Crippen molar-refractivity contribution in [2.24, 2.45) is 10.2 Å². The average molecular weight is 271 g/mol. The third-order valence-electron chi connectivity index (χ3n) is 2.76. The standard InChI is InChI=1S/C12H12F3N3O/c1-11(17-18-11)7-6-10(19)16-9-4-2-8(3-5-9)12(13,14)15/h2-5H,6-7H2,1H3,(H,16,19). The second kappa shape index (κ2) is 4.64. The molecule has 1 amide bonds. The lowest BCUT2D eigenvalue weighted by atomic mass is 10.1. The van der Waals surface area contributed by atoms with Gasteiger partial charge in [0, 0.05) is 18.5 Å². The maximum absolute atomic E-state index is 12.3. The van der Waals surface area contributed by atoms with Crippen molar-refractivity contribution in [3.8, 4) is 0 Å². The molecule has 0 atom stereocenters. The van der Waals surface area contributed by atoms with Gasteiger partial charge in [-0.1, -0.05) is 0 Å². The highest BCUT2D eigenvalue weighted by Gasteiger charge is 2.34. The normalized spacial score (nSPS) is 16.2. The molecule has 2 rings (SSSR count). The largest absolute Gasteiger partial charge is 0.416 e. The van der Waals surface area contributed by atoms with Crippen molar-refractivity contribution in [1.82, 2.24) is 0 Å². The molecular formula is C12H12F3N3O. The maximum atomic E-state index is 12.3. The topological polar surface area (TPSA) is 53.8 Å². The number of benzene rings is 1. The molecule has 0 bridgehead atoms. The Balaban J connectivity index is 1.87. The summed E-state index contributed by atoms with van der Waals surface area (Å²) in [7, 11) is 0. The van der Waals surface area contributed by atoms with Gasteiger partial charge in [0.05, 0.1) is 5.56 Å². The lowest BCUT2D eigenvalue weighted by molar-refractivity contribution is -0.137. The van der Waals surface area contributed by atoms with Gasteiger partial charge in [-0.15, -0.1) is 0 Å². The van der Waals surface area contributed by atoms with Gasteiger partial charge in [-0.25, -0.2) is 0 Å². The second-order valence-corrected chi connectivity index (χ2v) is 4.54. The van der Waals surface area contributed by atoms with Gasteiger partial charge in [0.15, 0.2) is 5.66 Å². The van der Waals surface area contributed by atoms with E-state index in [0.29, 0.717) is 12.1 Å². The predicted octanol–water partition coefficient (Wildman–Crippen LogP) is 3.61. The van der Waals surface area contributed by atoms with Gasteiger partial charge in [-0.2, -0.15) is 23.4 Å². The fraction of sp³-hybridized carbons (Fsp3) is 0.417. The fourth-order valence-electron chi connectivity index (χ4n) is 1.50. The van der Waals surface area contributed by atoms with Gasteiger partial charge < -0.3 is 5.32 Å². The minimum atomic E-state index is -4.37. The summed E-state index contributed by atoms with van der Waals surface area (Å²) in [5, 5.41) is 10.1. The van der Waals surface area contributed by atoms with Crippen LogP contribution in [0.3, 0.4) is 0 Å². The molecule has 1 N–H and O–H groups in total. The van der Waals surface area contributed by atoms with E-state index < -0.39 is 17.4 Å². The summed E-state index contributed by atoms with van der Waals surface area (Å²) < 4.78 is 37.0. The molecule has 1 aromatic carbocycles. The van der Waals surface area contributed by atoms with Crippen LogP contribution in [-0.4, -0.2) is 11.6 Å². The van der Waals surface area contributed by atoms with Gasteiger partial charge in [0.2, 0.25) is 5.91 Å². The molecule has 0 saturated carbocycles. The molecule has 0 aromatic heterocycles. The van der Waals surface area contributed by atoms with Crippen LogP contribution in [0.25, 0.3) is 0 Å². The molecule has 1 aliphatic rings. The quantitative estimate of drug-likeness (QED) is 0.893. The van der Waals surface area contributed by atoms with E-state index in [1.54, 1.807) is 6.92 Å². The summed E-state index contributed by atoms with van der Waals surface area (Å²) in [6, 6.07) is 4.33. The van der Waals surface area contributed by atoms with Gasteiger partial charge in [-0.3, -0.25) is 4.79 Å². The van der Waals surface area contributed by atoms with Gasteiger partial charge in [0.1, 0.15) is 0 Å². The number of nitrogens with zero attached hydrogens (tertiary/aromatic N) is 2. The van der Waals surface area contributed by atoms with Crippen molar-refractivity contribution < 1.29 is 18.0 Å². The van der Waals surface area contributed by atoms with E-state index >= 15 is 0 Å². The number of rotatable bonds is 4. The maximum Gasteiger partial charge on any atom is 0.416 e. The first-order valence-corrected chi connectivity index (χ1v) is 5.70. The van der Waals surface area contributed by atoms with Crippen LogP contribution in [0.4, 0.5) is 18.9 Å². The zero-order valence-corrected chi connectivity index (χ0v) is 10.2. The first-order chi connectivity index (χ1) is 8.78. The highest BCUT2D eigenvalue weighted by Crippen LogP contribution is 2.32. The second-order valence-electron chi connectivity index (χ2n) is 4.54. The molecular weight excluding hydrogens is 259 g/mol. The highest BCUT2D eigenvalue weighted by molar-refractivity contribution is 5.90. The van der Waals surface area contributed by atoms with Crippen molar-refractivity contribution >= 4 is 11.6 Å². The third kappa shape index (κ3) is 3.77. The number of hydrogen-bond donors (Lipinski definition) is 1. The summed E-state index contributed by atoms with van der Waals surface area (Å²) in [5.41, 5.74) is -0.848. The highest BCUT2D eigenvalue weighted by atomic mass is 19.4. The van der Waals surface area contributed by atoms with Crippen LogP contribution in [0.5, 0.6) is 0 Å². The molecule has 1 heterocycles. The van der Waals surface area contributed by atoms with Crippen LogP contribution in [-0.2, 0) is 11.0 Å². The van der Waals surface area contributed by atoms with Gasteiger partial charge >= 0.3 is 6.18 Å². The summed E-state index contributed by atoms with van der Waals surface area (Å²) in [5.74, 6) is -0.265. The molecule has 7 heteroatoms. The average Bonchev–Trinajstić information content (AvgIpc) is 3.05. The monoisotopic (exact) mass is 271 g/mol. The van der Waals surface area contributed by atoms with E-state index in [-0.39, 0.29) is 12.3 Å². The Kier molecular flexibility index (Phi) is 3.30. The minimum absolute atomic E-state index is 0.227. The fourth-order valence-corrected chi connectivity index (χ4v) is 1.50. The summed E-state index contributed by atoms with van der Waals surface area (Å²) >= 11 is 0. The van der Waals surface area contributed by atoms with Crippen LogP contribution in [0.2, 0.25) is 0 Å². The SMILES string of the molecule is CC1(CCC(=O)Nc2ccc(C(F)(F)F)cc2)N=N1. The van der Waals surface area contributed by atoms with Crippen LogP contribution < -0.4 is 5.32 Å². The van der Waals surface area contributed by atoms with E-state index in [2.05, 4.69) is 15.5 Å². The molecule has 19 heavy (non-hydrogen) atoms. The molecule has 0 radical (unpaired) electrons. The van der Waals surface area contributed by atoms with Crippen LogP contribution in [0.1, 0.15) is 25.3 Å². The zero-order valence-electron chi connectivity index (χ0n) is 10.2. The number of alkyl halides is 3. The Labute approximate surface area is 107 Å². The summed E-state index contributed by atoms with van der Waals surface area (Å²) in [6.45, 7) is 1.80. The third-order valence-corrected chi connectivity index (χ3v) is 2.76. The number of amides is 1. The van der Waals surface area contributed by atoms with E-state index in [4.69, 9.17) is 0 Å². The van der Waals surface area contributed by atoms with Gasteiger partial charge in [-0.05, 0) is 31.2 Å². The Morgan fingerprint density at radius 1 is 1.26 bits per heavy atom. The number of nitrogens with one attached hydrogen (secondary N) is 1. The van der Waals surface area contributed by atoms with Crippen LogP contribution in [0, 0.1) is 0 Å². The Morgan fingerprint density at radius 2 is 1.84 bits per heavy atom. The van der Waals surface area contributed by atoms with Crippen molar-refractivity contribution in [2.45, 2.75) is 31.6 Å². The summed E-state index contributed by atoms with van der Waals surface area (Å²) in [6.07, 6.45) is -3.64. The molecule has 0 spiro atoms. The smallest absolute Gasteiger partial charge is 0.326 e. The number of halogens is 3. The van der Waals surface area contributed by atoms with Crippen molar-refractivity contribution in [2.75, 3.05) is 5.32 Å². The van der Waals surface area contributed by atoms with Crippen LogP contribution >= 0.6 is 0 Å². The predicted molar refractivity (Wildman–Crippen MR) is 62.6 cm³/mol. The van der Waals surface area contributed by atoms with Gasteiger partial charge in [0.25, 0.3) is 0 Å². The van der Waals surface area contributed by atoms with Crippen molar-refractivity contribution in [1.29, 1.82) is 0 Å². The van der Waals surface area contributed by atoms with E-state index in [1.165, 1.54) is 12.1 Å². The Bertz CT molecular complexity index is 502. The number of anilines is 1. The molecule has 0 fully saturated rings. The first-order valence-electron chi connectivity index (χ1n) is 5.70. The molecule has 1 aromatic rings. The number of hydrogen-bond acceptors (Lipinski definition) is 3. The number of carbonyl (C=O) groups is 1. The molecule has 102 valence electrons. The number of carbonyl (C=O) groups excluding carboxylic acids is 1. The first kappa shape index (κ1) is 13.5. The summed E-state index contributed by atoms with van der Waals surface area (Å²) in [4.78, 5) is 11.6. The molecule has 1 aliphatic heterocycles. The molecule has 4 nitrogen and oxygen atoms in total. The Morgan fingerprint density at radius 3 is 2.32 bits per heavy atom. The van der Waals surface area contributed by atoms with Crippen LogP contribution in [0.15, 0.2) is 34.5 Å². The lowest BCUT2D eigenvalue weighted by Gasteiger charge is -2.09. The van der Waals surface area contributed by atoms with Crippen molar-refractivity contribution in [3.05, 3.63) is 29.8 Å². The minimum Gasteiger partial charge on any atom is -0.326 e. The van der Waals surface area contributed by atoms with Crippen molar-refractivity contribution in [3.63, 3.8) is 0 Å². The lowest BCUT2D eigenvalue weighted by Crippen LogP contribution is -2.15. The van der Waals surface area contributed by atoms with E-state index in [9.17, 15) is 18.0 Å². The molecule has 0 aliphatic carbocycles. The van der Waals surface area contributed by atoms with E-state index in [0.717, 1.165) is 12.1 Å². The molecule has 0 unspecified atom stereocenters. The Hall–Kier alpha value is -1.92.